The fourth-order valence-corrected chi connectivity index (χ4v) is 4.74. The van der Waals surface area contributed by atoms with E-state index in [0.29, 0.717) is 18.4 Å². The van der Waals surface area contributed by atoms with E-state index >= 15 is 0 Å². The van der Waals surface area contributed by atoms with Gasteiger partial charge in [-0.3, -0.25) is 14.3 Å². The lowest BCUT2D eigenvalue weighted by atomic mass is 9.73. The molecule has 4 rings (SSSR count). The number of hydrogen-bond donors (Lipinski definition) is 0. The molecule has 2 amide bonds. The van der Waals surface area contributed by atoms with Crippen molar-refractivity contribution in [1.82, 2.24) is 19.6 Å². The molecule has 1 spiro atoms. The molecule has 2 saturated heterocycles. The summed E-state index contributed by atoms with van der Waals surface area (Å²) in [7, 11) is 0. The van der Waals surface area contributed by atoms with Crippen molar-refractivity contribution < 1.29 is 9.59 Å². The zero-order chi connectivity index (χ0) is 18.3. The smallest absolute Gasteiger partial charge is 0.257 e. The fraction of sp³-hybridized carbons (Fsp3) is 0.750. The molecule has 2 aliphatic heterocycles. The van der Waals surface area contributed by atoms with Crippen molar-refractivity contribution in [3.8, 4) is 0 Å². The molecule has 6 heteroatoms. The molecule has 0 aromatic carbocycles. The summed E-state index contributed by atoms with van der Waals surface area (Å²) in [6.07, 6.45) is 8.77. The summed E-state index contributed by atoms with van der Waals surface area (Å²) >= 11 is 0. The number of carbonyl (C=O) groups is 2. The number of aromatic nitrogens is 2. The van der Waals surface area contributed by atoms with Gasteiger partial charge in [-0.1, -0.05) is 6.92 Å². The molecular weight excluding hydrogens is 328 g/mol. The van der Waals surface area contributed by atoms with E-state index in [1.165, 1.54) is 0 Å². The molecule has 0 radical (unpaired) electrons. The van der Waals surface area contributed by atoms with Gasteiger partial charge in [-0.15, -0.1) is 0 Å². The minimum Gasteiger partial charge on any atom is -0.339 e. The van der Waals surface area contributed by atoms with Crippen molar-refractivity contribution in [1.29, 1.82) is 0 Å². The lowest BCUT2D eigenvalue weighted by Gasteiger charge is -2.48. The second kappa shape index (κ2) is 6.71. The summed E-state index contributed by atoms with van der Waals surface area (Å²) < 4.78 is 1.93. The lowest BCUT2D eigenvalue weighted by Crippen LogP contribution is -2.55. The number of aryl methyl sites for hydroxylation is 1. The normalized spacial score (nSPS) is 26.6. The molecule has 0 bridgehead atoms. The highest BCUT2D eigenvalue weighted by atomic mass is 16.2. The molecule has 3 fully saturated rings. The van der Waals surface area contributed by atoms with Gasteiger partial charge in [-0.05, 0) is 45.4 Å². The maximum absolute atomic E-state index is 13.1. The molecule has 0 N–H and O–H groups in total. The van der Waals surface area contributed by atoms with Crippen LogP contribution in [0.2, 0.25) is 0 Å². The van der Waals surface area contributed by atoms with Crippen LogP contribution in [0.4, 0.5) is 0 Å². The Labute approximate surface area is 155 Å². The average molecular weight is 358 g/mol. The molecule has 26 heavy (non-hydrogen) atoms. The summed E-state index contributed by atoms with van der Waals surface area (Å²) in [5, 5.41) is 4.40. The van der Waals surface area contributed by atoms with Gasteiger partial charge < -0.3 is 9.80 Å². The molecule has 6 nitrogen and oxygen atoms in total. The van der Waals surface area contributed by atoms with Crippen molar-refractivity contribution >= 4 is 11.8 Å². The Kier molecular flexibility index (Phi) is 4.53. The van der Waals surface area contributed by atoms with E-state index in [1.807, 2.05) is 16.5 Å². The molecule has 1 aliphatic carbocycles. The van der Waals surface area contributed by atoms with Crippen LogP contribution in [0.25, 0.3) is 0 Å². The van der Waals surface area contributed by atoms with Crippen molar-refractivity contribution in [3.63, 3.8) is 0 Å². The van der Waals surface area contributed by atoms with Crippen LogP contribution in [0.3, 0.4) is 0 Å². The Morgan fingerprint density at radius 1 is 1.31 bits per heavy atom. The van der Waals surface area contributed by atoms with Gasteiger partial charge in [-0.25, -0.2) is 0 Å². The van der Waals surface area contributed by atoms with E-state index in [-0.39, 0.29) is 11.3 Å². The first-order chi connectivity index (χ1) is 12.5. The number of piperidine rings is 2. The summed E-state index contributed by atoms with van der Waals surface area (Å²) in [4.78, 5) is 29.6. The molecule has 1 aromatic heterocycles. The van der Waals surface area contributed by atoms with E-state index in [0.717, 1.165) is 76.0 Å². The number of nitrogens with zero attached hydrogens (tertiary/aromatic N) is 4. The standard InChI is InChI=1S/C20H30N4O2/c1-3-10-24-15(2)17(12-21-24)19(26)22-11-4-8-20(13-22)9-7-18(25)23(14-20)16-5-6-16/h12,16H,3-11,13-14H2,1-2H3. The van der Waals surface area contributed by atoms with Crippen molar-refractivity contribution in [3.05, 3.63) is 17.5 Å². The van der Waals surface area contributed by atoms with Crippen LogP contribution in [-0.4, -0.2) is 57.1 Å². The Bertz CT molecular complexity index is 709. The third-order valence-electron chi connectivity index (χ3n) is 6.40. The Morgan fingerprint density at radius 3 is 2.85 bits per heavy atom. The number of hydrogen-bond acceptors (Lipinski definition) is 3. The monoisotopic (exact) mass is 358 g/mol. The minimum atomic E-state index is 0.0950. The first-order valence-corrected chi connectivity index (χ1v) is 10.1. The van der Waals surface area contributed by atoms with Crippen LogP contribution in [0, 0.1) is 12.3 Å². The number of amides is 2. The first-order valence-electron chi connectivity index (χ1n) is 10.1. The summed E-state index contributed by atoms with van der Waals surface area (Å²) in [5.74, 6) is 0.428. The van der Waals surface area contributed by atoms with Gasteiger partial charge in [0.05, 0.1) is 11.8 Å². The Hall–Kier alpha value is -1.85. The van der Waals surface area contributed by atoms with Gasteiger partial charge in [-0.2, -0.15) is 5.10 Å². The quantitative estimate of drug-likeness (QED) is 0.831. The van der Waals surface area contributed by atoms with Crippen LogP contribution in [0.5, 0.6) is 0 Å². The lowest BCUT2D eigenvalue weighted by molar-refractivity contribution is -0.139. The highest BCUT2D eigenvalue weighted by molar-refractivity contribution is 5.95. The SMILES string of the molecule is CCCn1ncc(C(=O)N2CCCC3(CCC(=O)N(C4CC4)C3)C2)c1C. The molecular formula is C20H30N4O2. The van der Waals surface area contributed by atoms with Gasteiger partial charge in [0.15, 0.2) is 0 Å². The predicted octanol–water partition coefficient (Wildman–Crippen LogP) is 2.61. The van der Waals surface area contributed by atoms with Crippen LogP contribution in [0.15, 0.2) is 6.20 Å². The predicted molar refractivity (Wildman–Crippen MR) is 98.8 cm³/mol. The van der Waals surface area contributed by atoms with Crippen LogP contribution in [0.1, 0.15) is 67.9 Å². The van der Waals surface area contributed by atoms with Crippen LogP contribution >= 0.6 is 0 Å². The summed E-state index contributed by atoms with van der Waals surface area (Å²) in [5.41, 5.74) is 1.80. The molecule has 1 saturated carbocycles. The van der Waals surface area contributed by atoms with Gasteiger partial charge >= 0.3 is 0 Å². The van der Waals surface area contributed by atoms with E-state index in [2.05, 4.69) is 16.9 Å². The number of carbonyl (C=O) groups excluding carboxylic acids is 2. The molecule has 1 aromatic rings. The highest BCUT2D eigenvalue weighted by Gasteiger charge is 2.46. The molecule has 3 aliphatic rings. The van der Waals surface area contributed by atoms with Gasteiger partial charge in [0.2, 0.25) is 5.91 Å². The fourth-order valence-electron chi connectivity index (χ4n) is 4.74. The number of rotatable bonds is 4. The Morgan fingerprint density at radius 2 is 2.12 bits per heavy atom. The maximum Gasteiger partial charge on any atom is 0.257 e. The highest BCUT2D eigenvalue weighted by Crippen LogP contribution is 2.42. The summed E-state index contributed by atoms with van der Waals surface area (Å²) in [6.45, 7) is 7.39. The summed E-state index contributed by atoms with van der Waals surface area (Å²) in [6, 6.07) is 0.472. The van der Waals surface area contributed by atoms with Crippen molar-refractivity contribution in [2.24, 2.45) is 5.41 Å². The van der Waals surface area contributed by atoms with Gasteiger partial charge in [0.1, 0.15) is 0 Å². The average Bonchev–Trinajstić information content (AvgIpc) is 3.42. The second-order valence-electron chi connectivity index (χ2n) is 8.45. The zero-order valence-corrected chi connectivity index (χ0v) is 16.0. The Balaban J connectivity index is 1.49. The van der Waals surface area contributed by atoms with E-state index in [9.17, 15) is 9.59 Å². The third kappa shape index (κ3) is 3.14. The van der Waals surface area contributed by atoms with E-state index in [4.69, 9.17) is 0 Å². The van der Waals surface area contributed by atoms with Crippen molar-refractivity contribution in [2.45, 2.75) is 71.4 Å². The third-order valence-corrected chi connectivity index (χ3v) is 6.40. The maximum atomic E-state index is 13.1. The van der Waals surface area contributed by atoms with Crippen LogP contribution < -0.4 is 0 Å². The van der Waals surface area contributed by atoms with Crippen molar-refractivity contribution in [2.75, 3.05) is 19.6 Å². The van der Waals surface area contributed by atoms with E-state index in [1.54, 1.807) is 6.20 Å². The van der Waals surface area contributed by atoms with Gasteiger partial charge in [0, 0.05) is 49.8 Å². The molecule has 1 unspecified atom stereocenters. The number of likely N-dealkylation sites (tertiary alicyclic amines) is 2. The van der Waals surface area contributed by atoms with Crippen LogP contribution in [-0.2, 0) is 11.3 Å². The molecule has 3 heterocycles. The largest absolute Gasteiger partial charge is 0.339 e. The minimum absolute atomic E-state index is 0.0950. The van der Waals surface area contributed by atoms with Gasteiger partial charge in [0.25, 0.3) is 5.91 Å². The molecule has 142 valence electrons. The first kappa shape index (κ1) is 17.6. The molecule has 1 atom stereocenters. The topological polar surface area (TPSA) is 58.4 Å². The second-order valence-corrected chi connectivity index (χ2v) is 8.45. The zero-order valence-electron chi connectivity index (χ0n) is 16.0. The van der Waals surface area contributed by atoms with E-state index < -0.39 is 0 Å².